The Labute approximate surface area is 181 Å². The van der Waals surface area contributed by atoms with Crippen molar-refractivity contribution in [2.24, 2.45) is 22.2 Å². The predicted octanol–water partition coefficient (Wildman–Crippen LogP) is 5.49. The minimum Gasteiger partial charge on any atom is -0.333 e. The number of anilines is 1. The number of nitrogens with zero attached hydrogens (tertiary/aromatic N) is 1. The number of amides is 2. The molecule has 4 aliphatic rings. The van der Waals surface area contributed by atoms with Crippen LogP contribution in [0.5, 0.6) is 0 Å². The maximum Gasteiger partial charge on any atom is 0.418 e. The zero-order valence-electron chi connectivity index (χ0n) is 18.4. The van der Waals surface area contributed by atoms with E-state index in [0.29, 0.717) is 12.5 Å². The molecule has 1 aromatic rings. The summed E-state index contributed by atoms with van der Waals surface area (Å²) in [5.41, 5.74) is -1.28. The van der Waals surface area contributed by atoms with Crippen LogP contribution in [0.3, 0.4) is 0 Å². The molecule has 2 amide bonds. The van der Waals surface area contributed by atoms with Gasteiger partial charge in [-0.1, -0.05) is 26.0 Å². The molecule has 4 nitrogen and oxygen atoms in total. The fourth-order valence-corrected chi connectivity index (χ4v) is 7.55. The summed E-state index contributed by atoms with van der Waals surface area (Å²) in [6, 6.07) is 4.91. The third-order valence-electron chi connectivity index (χ3n) is 7.59. The molecule has 4 fully saturated rings. The van der Waals surface area contributed by atoms with Crippen LogP contribution in [0.25, 0.3) is 0 Å². The van der Waals surface area contributed by atoms with E-state index in [9.17, 15) is 22.8 Å². The van der Waals surface area contributed by atoms with E-state index in [0.717, 1.165) is 31.7 Å². The Morgan fingerprint density at radius 3 is 2.23 bits per heavy atom. The zero-order chi connectivity index (χ0) is 22.7. The molecule has 5 rings (SSSR count). The number of nitrogens with one attached hydrogen (secondary N) is 1. The van der Waals surface area contributed by atoms with Gasteiger partial charge in [-0.15, -0.1) is 0 Å². The monoisotopic (exact) mass is 436 g/mol. The molecule has 0 radical (unpaired) electrons. The van der Waals surface area contributed by atoms with Crippen molar-refractivity contribution >= 4 is 17.5 Å². The third kappa shape index (κ3) is 4.08. The average Bonchev–Trinajstić information content (AvgIpc) is 2.62. The lowest BCUT2D eigenvalue weighted by atomic mass is 9.40. The first-order valence-electron chi connectivity index (χ1n) is 11.1. The lowest BCUT2D eigenvalue weighted by Crippen LogP contribution is -2.60. The van der Waals surface area contributed by atoms with E-state index in [1.54, 1.807) is 0 Å². The van der Waals surface area contributed by atoms with Crippen molar-refractivity contribution in [3.63, 3.8) is 0 Å². The van der Waals surface area contributed by atoms with Gasteiger partial charge >= 0.3 is 6.18 Å². The van der Waals surface area contributed by atoms with Crippen LogP contribution < -0.4 is 5.32 Å². The molecule has 0 spiro atoms. The minimum absolute atomic E-state index is 0.00388. The fraction of sp³-hybridized carbons (Fsp3) is 0.667. The highest BCUT2D eigenvalue weighted by Crippen LogP contribution is 2.69. The van der Waals surface area contributed by atoms with Crippen LogP contribution in [0.4, 0.5) is 18.9 Å². The number of carbonyl (C=O) groups excluding carboxylic acids is 2. The van der Waals surface area contributed by atoms with Crippen molar-refractivity contribution in [3.05, 3.63) is 29.8 Å². The largest absolute Gasteiger partial charge is 0.418 e. The van der Waals surface area contributed by atoms with Gasteiger partial charge in [-0.2, -0.15) is 13.2 Å². The van der Waals surface area contributed by atoms with E-state index in [-0.39, 0.29) is 29.0 Å². The number of para-hydroxylation sites is 1. The number of likely N-dealkylation sites (N-methyl/N-ethyl adjacent to an activating group) is 1. The maximum absolute atomic E-state index is 13.7. The van der Waals surface area contributed by atoms with Gasteiger partial charge in [-0.05, 0) is 74.3 Å². The summed E-state index contributed by atoms with van der Waals surface area (Å²) in [5.74, 6) is -0.0637. The number of hydrogen-bond donors (Lipinski definition) is 1. The van der Waals surface area contributed by atoms with Gasteiger partial charge in [0.25, 0.3) is 0 Å². The predicted molar refractivity (Wildman–Crippen MR) is 112 cm³/mol. The molecule has 2 atom stereocenters. The van der Waals surface area contributed by atoms with E-state index in [1.807, 2.05) is 6.92 Å². The first-order valence-corrected chi connectivity index (χ1v) is 11.1. The van der Waals surface area contributed by atoms with E-state index in [2.05, 4.69) is 19.2 Å². The standard InChI is InChI=1S/C24H31F3N2O2/c1-4-29(12-19(30)28-18-8-6-5-7-17(18)24(25,26)27)20(31)23-11-16-9-21(2,14-23)13-22(3,10-16)15-23/h5-8,16H,4,9-15H2,1-3H3,(H,28,30). The summed E-state index contributed by atoms with van der Waals surface area (Å²) in [7, 11) is 0. The third-order valence-corrected chi connectivity index (χ3v) is 7.59. The van der Waals surface area contributed by atoms with Gasteiger partial charge in [0.2, 0.25) is 11.8 Å². The quantitative estimate of drug-likeness (QED) is 0.664. The van der Waals surface area contributed by atoms with Crippen LogP contribution in [-0.2, 0) is 15.8 Å². The number of halogens is 3. The van der Waals surface area contributed by atoms with E-state index >= 15 is 0 Å². The molecule has 1 aromatic carbocycles. The second-order valence-corrected chi connectivity index (χ2v) is 10.8. The molecule has 2 unspecified atom stereocenters. The number of benzene rings is 1. The summed E-state index contributed by atoms with van der Waals surface area (Å²) >= 11 is 0. The Balaban J connectivity index is 1.50. The first kappa shape index (κ1) is 22.2. The number of carbonyl (C=O) groups is 2. The van der Waals surface area contributed by atoms with Gasteiger partial charge in [-0.25, -0.2) is 0 Å². The van der Waals surface area contributed by atoms with E-state index in [4.69, 9.17) is 0 Å². The molecule has 4 aliphatic carbocycles. The van der Waals surface area contributed by atoms with Crippen LogP contribution in [-0.4, -0.2) is 29.8 Å². The molecular weight excluding hydrogens is 405 g/mol. The lowest BCUT2D eigenvalue weighted by Gasteiger charge is -2.65. The maximum atomic E-state index is 13.7. The fourth-order valence-electron chi connectivity index (χ4n) is 7.55. The molecule has 4 bridgehead atoms. The van der Waals surface area contributed by atoms with Crippen LogP contribution >= 0.6 is 0 Å². The Kier molecular flexibility index (Phi) is 5.17. The van der Waals surface area contributed by atoms with Crippen LogP contribution in [0.2, 0.25) is 0 Å². The second-order valence-electron chi connectivity index (χ2n) is 10.8. The molecular formula is C24H31F3N2O2. The molecule has 0 aliphatic heterocycles. The molecule has 1 N–H and O–H groups in total. The molecule has 31 heavy (non-hydrogen) atoms. The highest BCUT2D eigenvalue weighted by molar-refractivity contribution is 5.96. The Bertz CT molecular complexity index is 879. The lowest BCUT2D eigenvalue weighted by molar-refractivity contribution is -0.179. The van der Waals surface area contributed by atoms with Crippen molar-refractivity contribution in [1.29, 1.82) is 0 Å². The molecule has 7 heteroatoms. The van der Waals surface area contributed by atoms with Gasteiger partial charge in [0.1, 0.15) is 0 Å². The highest BCUT2D eigenvalue weighted by Gasteiger charge is 2.63. The smallest absolute Gasteiger partial charge is 0.333 e. The molecule has 0 saturated heterocycles. The normalized spacial score (nSPS) is 33.9. The van der Waals surface area contributed by atoms with Crippen molar-refractivity contribution in [3.8, 4) is 0 Å². The summed E-state index contributed by atoms with van der Waals surface area (Å²) in [6.45, 7) is 6.51. The summed E-state index contributed by atoms with van der Waals surface area (Å²) < 4.78 is 39.7. The zero-order valence-corrected chi connectivity index (χ0v) is 18.4. The van der Waals surface area contributed by atoms with Gasteiger partial charge in [0, 0.05) is 6.54 Å². The van der Waals surface area contributed by atoms with Gasteiger partial charge in [-0.3, -0.25) is 9.59 Å². The Hall–Kier alpha value is -2.05. The van der Waals surface area contributed by atoms with Gasteiger partial charge in [0.15, 0.2) is 0 Å². The van der Waals surface area contributed by atoms with E-state index < -0.39 is 23.1 Å². The first-order chi connectivity index (χ1) is 14.4. The van der Waals surface area contributed by atoms with E-state index in [1.165, 1.54) is 35.9 Å². The summed E-state index contributed by atoms with van der Waals surface area (Å²) in [5, 5.41) is 2.37. The molecule has 4 saturated carbocycles. The van der Waals surface area contributed by atoms with Crippen molar-refractivity contribution in [2.75, 3.05) is 18.4 Å². The van der Waals surface area contributed by atoms with Crippen molar-refractivity contribution in [2.45, 2.75) is 65.5 Å². The molecule has 0 aromatic heterocycles. The average molecular weight is 437 g/mol. The number of hydrogen-bond acceptors (Lipinski definition) is 2. The molecule has 0 heterocycles. The van der Waals surface area contributed by atoms with Crippen LogP contribution in [0.15, 0.2) is 24.3 Å². The number of alkyl halides is 3. The summed E-state index contributed by atoms with van der Waals surface area (Å²) in [6.07, 6.45) is 1.48. The number of rotatable bonds is 5. The second kappa shape index (κ2) is 7.24. The molecule has 170 valence electrons. The minimum atomic E-state index is -4.56. The van der Waals surface area contributed by atoms with Gasteiger partial charge in [0.05, 0.1) is 23.2 Å². The topological polar surface area (TPSA) is 49.4 Å². The summed E-state index contributed by atoms with van der Waals surface area (Å²) in [4.78, 5) is 27.9. The Morgan fingerprint density at radius 2 is 1.68 bits per heavy atom. The SMILES string of the molecule is CCN(CC(=O)Nc1ccccc1C(F)(F)F)C(=O)C12CC3CC(C)(CC(C)(C3)C1)C2. The highest BCUT2D eigenvalue weighted by atomic mass is 19.4. The van der Waals surface area contributed by atoms with Crippen molar-refractivity contribution < 1.29 is 22.8 Å². The van der Waals surface area contributed by atoms with Crippen LogP contribution in [0.1, 0.15) is 64.9 Å². The van der Waals surface area contributed by atoms with Gasteiger partial charge < -0.3 is 10.2 Å². The van der Waals surface area contributed by atoms with Crippen molar-refractivity contribution in [1.82, 2.24) is 4.90 Å². The Morgan fingerprint density at radius 1 is 1.06 bits per heavy atom. The van der Waals surface area contributed by atoms with Crippen LogP contribution in [0, 0.1) is 22.2 Å².